The molecule has 0 fully saturated rings. The zero-order valence-corrected chi connectivity index (χ0v) is 11.7. The average Bonchev–Trinajstić information content (AvgIpc) is 2.56. The monoisotopic (exact) mass is 278 g/mol. The number of rotatable bonds is 5. The van der Waals surface area contributed by atoms with Crippen LogP contribution in [-0.2, 0) is 6.42 Å². The topological polar surface area (TPSA) is 63.8 Å². The second kappa shape index (κ2) is 6.43. The summed E-state index contributed by atoms with van der Waals surface area (Å²) in [5.41, 5.74) is 5.12. The molecular formula is C17H18N4. The van der Waals surface area contributed by atoms with Crippen LogP contribution in [-0.4, -0.2) is 9.97 Å². The van der Waals surface area contributed by atoms with Gasteiger partial charge < -0.3 is 0 Å². The molecule has 0 bridgehead atoms. The van der Waals surface area contributed by atoms with Gasteiger partial charge in [0.1, 0.15) is 0 Å². The summed E-state index contributed by atoms with van der Waals surface area (Å²) in [6, 6.07) is 14.3. The third-order valence-electron chi connectivity index (χ3n) is 3.69. The summed E-state index contributed by atoms with van der Waals surface area (Å²) in [6.07, 6.45) is 7.35. The standard InChI is InChI=1S/C17H18N4/c18-21-17(9-8-14-6-3-4-10-20-14)16-12-19-11-13-5-1-2-7-15(13)16/h1-7,10-12,17,21H,8-9,18H2. The summed E-state index contributed by atoms with van der Waals surface area (Å²) in [6.45, 7) is 0. The van der Waals surface area contributed by atoms with Crippen molar-refractivity contribution in [1.29, 1.82) is 0 Å². The van der Waals surface area contributed by atoms with Crippen LogP contribution in [0.5, 0.6) is 0 Å². The van der Waals surface area contributed by atoms with E-state index in [1.54, 1.807) is 0 Å². The Kier molecular flexibility index (Phi) is 4.19. The molecule has 0 amide bonds. The maximum absolute atomic E-state index is 5.76. The van der Waals surface area contributed by atoms with Gasteiger partial charge in [0.05, 0.1) is 0 Å². The second-order valence-electron chi connectivity index (χ2n) is 5.03. The molecule has 3 N–H and O–H groups in total. The summed E-state index contributed by atoms with van der Waals surface area (Å²) in [4.78, 5) is 8.68. The van der Waals surface area contributed by atoms with Crippen molar-refractivity contribution in [2.24, 2.45) is 5.84 Å². The van der Waals surface area contributed by atoms with E-state index in [-0.39, 0.29) is 6.04 Å². The Morgan fingerprint density at radius 1 is 1.05 bits per heavy atom. The first-order chi connectivity index (χ1) is 10.4. The molecule has 106 valence electrons. The quantitative estimate of drug-likeness (QED) is 0.556. The number of pyridine rings is 2. The lowest BCUT2D eigenvalue weighted by Crippen LogP contribution is -2.28. The third kappa shape index (κ3) is 3.07. The van der Waals surface area contributed by atoms with E-state index in [2.05, 4.69) is 27.5 Å². The molecule has 3 aromatic rings. The van der Waals surface area contributed by atoms with Crippen LogP contribution in [0.1, 0.15) is 23.7 Å². The Hall–Kier alpha value is -2.30. The van der Waals surface area contributed by atoms with Crippen molar-refractivity contribution in [3.05, 3.63) is 72.3 Å². The Morgan fingerprint density at radius 2 is 1.90 bits per heavy atom. The third-order valence-corrected chi connectivity index (χ3v) is 3.69. The number of aromatic nitrogens is 2. The maximum atomic E-state index is 5.76. The van der Waals surface area contributed by atoms with E-state index in [0.717, 1.165) is 29.5 Å². The van der Waals surface area contributed by atoms with Crippen molar-refractivity contribution >= 4 is 10.8 Å². The van der Waals surface area contributed by atoms with Gasteiger partial charge in [0.15, 0.2) is 0 Å². The van der Waals surface area contributed by atoms with Crippen molar-refractivity contribution in [2.75, 3.05) is 0 Å². The van der Waals surface area contributed by atoms with E-state index in [9.17, 15) is 0 Å². The van der Waals surface area contributed by atoms with Gasteiger partial charge in [-0.1, -0.05) is 30.3 Å². The molecule has 0 aliphatic heterocycles. The minimum Gasteiger partial charge on any atom is -0.271 e. The molecule has 0 spiro atoms. The van der Waals surface area contributed by atoms with Crippen molar-refractivity contribution < 1.29 is 0 Å². The predicted molar refractivity (Wildman–Crippen MR) is 84.4 cm³/mol. The molecule has 4 heteroatoms. The van der Waals surface area contributed by atoms with Gasteiger partial charge in [0.2, 0.25) is 0 Å². The second-order valence-corrected chi connectivity index (χ2v) is 5.03. The highest BCUT2D eigenvalue weighted by atomic mass is 15.2. The molecule has 1 unspecified atom stereocenters. The molecule has 4 nitrogen and oxygen atoms in total. The fourth-order valence-corrected chi connectivity index (χ4v) is 2.58. The molecule has 0 aliphatic rings. The van der Waals surface area contributed by atoms with Crippen LogP contribution in [0.15, 0.2) is 61.1 Å². The fraction of sp³-hybridized carbons (Fsp3) is 0.176. The molecule has 0 radical (unpaired) electrons. The zero-order chi connectivity index (χ0) is 14.5. The Morgan fingerprint density at radius 3 is 2.71 bits per heavy atom. The molecule has 1 aromatic carbocycles. The van der Waals surface area contributed by atoms with Gasteiger partial charge in [0.25, 0.3) is 0 Å². The van der Waals surface area contributed by atoms with Crippen LogP contribution < -0.4 is 11.3 Å². The largest absolute Gasteiger partial charge is 0.271 e. The van der Waals surface area contributed by atoms with Crippen LogP contribution in [0.2, 0.25) is 0 Å². The number of hydrazine groups is 1. The van der Waals surface area contributed by atoms with Crippen molar-refractivity contribution in [1.82, 2.24) is 15.4 Å². The number of aryl methyl sites for hydroxylation is 1. The van der Waals surface area contributed by atoms with Gasteiger partial charge in [0, 0.05) is 35.7 Å². The Balaban J connectivity index is 1.85. The molecule has 0 saturated heterocycles. The molecular weight excluding hydrogens is 260 g/mol. The number of nitrogens with zero attached hydrogens (tertiary/aromatic N) is 2. The van der Waals surface area contributed by atoms with Crippen molar-refractivity contribution in [3.8, 4) is 0 Å². The van der Waals surface area contributed by atoms with Crippen LogP contribution in [0.3, 0.4) is 0 Å². The average molecular weight is 278 g/mol. The first-order valence-corrected chi connectivity index (χ1v) is 7.07. The molecule has 1 atom stereocenters. The number of hydrogen-bond acceptors (Lipinski definition) is 4. The smallest absolute Gasteiger partial charge is 0.0485 e. The van der Waals surface area contributed by atoms with Crippen molar-refractivity contribution in [3.63, 3.8) is 0 Å². The summed E-state index contributed by atoms with van der Waals surface area (Å²) in [5, 5.41) is 2.32. The summed E-state index contributed by atoms with van der Waals surface area (Å²) < 4.78 is 0. The van der Waals surface area contributed by atoms with Gasteiger partial charge in [-0.3, -0.25) is 21.2 Å². The van der Waals surface area contributed by atoms with Gasteiger partial charge in [-0.15, -0.1) is 0 Å². The van der Waals surface area contributed by atoms with Gasteiger partial charge in [-0.2, -0.15) is 0 Å². The number of nitrogens with two attached hydrogens (primary N) is 1. The van der Waals surface area contributed by atoms with Crippen molar-refractivity contribution in [2.45, 2.75) is 18.9 Å². The van der Waals surface area contributed by atoms with E-state index in [1.165, 1.54) is 5.39 Å². The van der Waals surface area contributed by atoms with Gasteiger partial charge in [-0.25, -0.2) is 0 Å². The van der Waals surface area contributed by atoms with E-state index >= 15 is 0 Å². The highest BCUT2D eigenvalue weighted by molar-refractivity contribution is 5.85. The lowest BCUT2D eigenvalue weighted by Gasteiger charge is -2.17. The van der Waals surface area contributed by atoms with E-state index in [4.69, 9.17) is 5.84 Å². The number of fused-ring (bicyclic) bond motifs is 1. The van der Waals surface area contributed by atoms with E-state index < -0.39 is 0 Å². The fourth-order valence-electron chi connectivity index (χ4n) is 2.58. The minimum atomic E-state index is 0.0607. The van der Waals surface area contributed by atoms with E-state index in [0.29, 0.717) is 0 Å². The van der Waals surface area contributed by atoms with Crippen LogP contribution in [0.25, 0.3) is 10.8 Å². The summed E-state index contributed by atoms with van der Waals surface area (Å²) in [7, 11) is 0. The van der Waals surface area contributed by atoms with Crippen LogP contribution in [0.4, 0.5) is 0 Å². The highest BCUT2D eigenvalue weighted by Gasteiger charge is 2.13. The Labute approximate surface area is 124 Å². The first-order valence-electron chi connectivity index (χ1n) is 7.07. The number of hydrogen-bond donors (Lipinski definition) is 2. The van der Waals surface area contributed by atoms with E-state index in [1.807, 2.05) is 48.9 Å². The molecule has 0 aliphatic carbocycles. The summed E-state index contributed by atoms with van der Waals surface area (Å²) in [5.74, 6) is 5.76. The number of benzene rings is 1. The van der Waals surface area contributed by atoms with Crippen LogP contribution >= 0.6 is 0 Å². The SMILES string of the molecule is NNC(CCc1ccccn1)c1cncc2ccccc12. The Bertz CT molecular complexity index is 707. The van der Waals surface area contributed by atoms with Crippen LogP contribution in [0, 0.1) is 0 Å². The molecule has 2 heterocycles. The normalized spacial score (nSPS) is 12.4. The first kappa shape index (κ1) is 13.7. The van der Waals surface area contributed by atoms with Gasteiger partial charge >= 0.3 is 0 Å². The highest BCUT2D eigenvalue weighted by Crippen LogP contribution is 2.25. The minimum absolute atomic E-state index is 0.0607. The molecule has 3 rings (SSSR count). The molecule has 2 aromatic heterocycles. The molecule has 0 saturated carbocycles. The summed E-state index contributed by atoms with van der Waals surface area (Å²) >= 11 is 0. The lowest BCUT2D eigenvalue weighted by atomic mass is 9.98. The number of nitrogens with one attached hydrogen (secondary N) is 1. The van der Waals surface area contributed by atoms with Gasteiger partial charge in [-0.05, 0) is 35.9 Å². The lowest BCUT2D eigenvalue weighted by molar-refractivity contribution is 0.515. The molecule has 21 heavy (non-hydrogen) atoms. The predicted octanol–water partition coefficient (Wildman–Crippen LogP) is 2.77. The zero-order valence-electron chi connectivity index (χ0n) is 11.7. The maximum Gasteiger partial charge on any atom is 0.0485 e.